The third-order valence-corrected chi connectivity index (χ3v) is 5.75. The van der Waals surface area contributed by atoms with Crippen LogP contribution in [0, 0.1) is 0 Å². The van der Waals surface area contributed by atoms with Crippen molar-refractivity contribution in [1.29, 1.82) is 0 Å². The van der Waals surface area contributed by atoms with E-state index in [0.29, 0.717) is 17.9 Å². The Morgan fingerprint density at radius 2 is 1.69 bits per heavy atom. The summed E-state index contributed by atoms with van der Waals surface area (Å²) in [4.78, 5) is 19.2. The first-order valence-electron chi connectivity index (χ1n) is 9.86. The second kappa shape index (κ2) is 7.13. The van der Waals surface area contributed by atoms with E-state index in [9.17, 15) is 4.79 Å². The molecule has 5 rings (SSSR count). The van der Waals surface area contributed by atoms with Crippen LogP contribution in [0.1, 0.15) is 33.2 Å². The van der Waals surface area contributed by atoms with Gasteiger partial charge in [0.1, 0.15) is 5.75 Å². The van der Waals surface area contributed by atoms with Crippen LogP contribution in [0.4, 0.5) is 0 Å². The average molecular weight is 382 g/mol. The molecule has 4 aromatic rings. The number of carbonyl (C=O) groups excluding carboxylic acids is 1. The van der Waals surface area contributed by atoms with Gasteiger partial charge in [-0.05, 0) is 35.7 Å². The summed E-state index contributed by atoms with van der Waals surface area (Å²) in [7, 11) is 1.60. The highest BCUT2D eigenvalue weighted by atomic mass is 16.5. The van der Waals surface area contributed by atoms with Crippen LogP contribution < -0.4 is 4.74 Å². The molecule has 0 bridgehead atoms. The van der Waals surface area contributed by atoms with Crippen LogP contribution in [0.5, 0.6) is 5.75 Å². The summed E-state index contributed by atoms with van der Waals surface area (Å²) in [6, 6.07) is 25.9. The van der Waals surface area contributed by atoms with Gasteiger partial charge in [0, 0.05) is 23.1 Å². The van der Waals surface area contributed by atoms with Crippen molar-refractivity contribution < 1.29 is 9.53 Å². The number of carbonyl (C=O) groups is 1. The van der Waals surface area contributed by atoms with Crippen molar-refractivity contribution in [2.24, 2.45) is 0 Å². The highest BCUT2D eigenvalue weighted by Gasteiger charge is 2.35. The number of H-pyrrole nitrogens is 1. The summed E-state index contributed by atoms with van der Waals surface area (Å²) in [6.07, 6.45) is 0.823. The van der Waals surface area contributed by atoms with Gasteiger partial charge in [0.2, 0.25) is 0 Å². The molecule has 4 heteroatoms. The summed E-state index contributed by atoms with van der Waals surface area (Å²) in [5, 5.41) is 1.24. The molecule has 1 aliphatic heterocycles. The van der Waals surface area contributed by atoms with Crippen molar-refractivity contribution in [2.45, 2.75) is 12.5 Å². The smallest absolute Gasteiger partial charge is 0.258 e. The molecule has 2 heterocycles. The lowest BCUT2D eigenvalue weighted by Gasteiger charge is -2.36. The van der Waals surface area contributed by atoms with Crippen molar-refractivity contribution in [2.75, 3.05) is 13.7 Å². The molecule has 29 heavy (non-hydrogen) atoms. The second-order valence-corrected chi connectivity index (χ2v) is 7.32. The number of rotatable bonds is 3. The Labute approximate surface area is 169 Å². The SMILES string of the molecule is COc1ccccc1C(=O)N1CCc2c([nH]c3ccccc23)[C@@H]1c1ccccc1. The van der Waals surface area contributed by atoms with Gasteiger partial charge in [-0.3, -0.25) is 4.79 Å². The third kappa shape index (κ3) is 2.88. The maximum absolute atomic E-state index is 13.6. The number of nitrogens with one attached hydrogen (secondary N) is 1. The Bertz CT molecular complexity index is 1180. The summed E-state index contributed by atoms with van der Waals surface area (Å²) < 4.78 is 5.46. The molecule has 1 atom stereocenters. The van der Waals surface area contributed by atoms with E-state index >= 15 is 0 Å². The molecule has 0 unspecified atom stereocenters. The van der Waals surface area contributed by atoms with Crippen molar-refractivity contribution in [3.05, 3.63) is 101 Å². The highest BCUT2D eigenvalue weighted by molar-refractivity contribution is 5.98. The first kappa shape index (κ1) is 17.6. The van der Waals surface area contributed by atoms with E-state index in [1.807, 2.05) is 53.4 Å². The van der Waals surface area contributed by atoms with Crippen LogP contribution in [0.25, 0.3) is 10.9 Å². The molecular weight excluding hydrogens is 360 g/mol. The van der Waals surface area contributed by atoms with E-state index < -0.39 is 0 Å². The van der Waals surface area contributed by atoms with Gasteiger partial charge in [-0.25, -0.2) is 0 Å². The Kier molecular flexibility index (Phi) is 4.32. The van der Waals surface area contributed by atoms with Crippen LogP contribution in [-0.4, -0.2) is 29.4 Å². The third-order valence-electron chi connectivity index (χ3n) is 5.75. The molecule has 1 N–H and O–H groups in total. The highest BCUT2D eigenvalue weighted by Crippen LogP contribution is 2.39. The van der Waals surface area contributed by atoms with E-state index in [0.717, 1.165) is 23.2 Å². The second-order valence-electron chi connectivity index (χ2n) is 7.32. The number of aromatic nitrogens is 1. The minimum absolute atomic E-state index is 0.0133. The quantitative estimate of drug-likeness (QED) is 0.544. The number of aromatic amines is 1. The maximum Gasteiger partial charge on any atom is 0.258 e. The van der Waals surface area contributed by atoms with Gasteiger partial charge in [-0.2, -0.15) is 0 Å². The van der Waals surface area contributed by atoms with Crippen LogP contribution >= 0.6 is 0 Å². The van der Waals surface area contributed by atoms with Crippen molar-refractivity contribution in [3.8, 4) is 5.75 Å². The molecule has 1 aliphatic rings. The van der Waals surface area contributed by atoms with Crippen molar-refractivity contribution >= 4 is 16.8 Å². The predicted molar refractivity (Wildman–Crippen MR) is 114 cm³/mol. The summed E-state index contributed by atoms with van der Waals surface area (Å²) in [5.41, 5.74) is 5.22. The first-order valence-corrected chi connectivity index (χ1v) is 9.86. The normalized spacial score (nSPS) is 15.9. The summed E-state index contributed by atoms with van der Waals surface area (Å²) >= 11 is 0. The Morgan fingerprint density at radius 1 is 0.966 bits per heavy atom. The predicted octanol–water partition coefficient (Wildman–Crippen LogP) is 4.96. The standard InChI is InChI=1S/C25H22N2O2/c1-29-22-14-8-6-12-20(22)25(28)27-16-15-19-18-11-5-7-13-21(18)26-23(19)24(27)17-9-3-2-4-10-17/h2-14,24,26H,15-16H2,1H3/t24-/m0/s1. The number of benzene rings is 3. The molecule has 0 radical (unpaired) electrons. The van der Waals surface area contributed by atoms with Gasteiger partial charge in [-0.15, -0.1) is 0 Å². The summed E-state index contributed by atoms with van der Waals surface area (Å²) in [5.74, 6) is 0.590. The summed E-state index contributed by atoms with van der Waals surface area (Å²) in [6.45, 7) is 0.658. The molecule has 0 fully saturated rings. The Hall–Kier alpha value is -3.53. The van der Waals surface area contributed by atoms with Gasteiger partial charge >= 0.3 is 0 Å². The monoisotopic (exact) mass is 382 g/mol. The van der Waals surface area contributed by atoms with Gasteiger partial charge in [0.15, 0.2) is 0 Å². The number of hydrogen-bond acceptors (Lipinski definition) is 2. The fourth-order valence-corrected chi connectivity index (χ4v) is 4.42. The van der Waals surface area contributed by atoms with E-state index in [4.69, 9.17) is 4.74 Å². The maximum atomic E-state index is 13.6. The van der Waals surface area contributed by atoms with Crippen LogP contribution in [0.15, 0.2) is 78.9 Å². The number of nitrogens with zero attached hydrogens (tertiary/aromatic N) is 1. The zero-order valence-electron chi connectivity index (χ0n) is 16.3. The Morgan fingerprint density at radius 3 is 2.52 bits per heavy atom. The van der Waals surface area contributed by atoms with Gasteiger partial charge in [0.05, 0.1) is 18.7 Å². The number of ether oxygens (including phenoxy) is 1. The minimum Gasteiger partial charge on any atom is -0.496 e. The van der Waals surface area contributed by atoms with Gasteiger partial charge in [0.25, 0.3) is 5.91 Å². The number of para-hydroxylation sites is 2. The number of fused-ring (bicyclic) bond motifs is 3. The van der Waals surface area contributed by atoms with Gasteiger partial charge in [-0.1, -0.05) is 60.7 Å². The van der Waals surface area contributed by atoms with E-state index in [1.165, 1.54) is 10.9 Å². The topological polar surface area (TPSA) is 45.3 Å². The lowest BCUT2D eigenvalue weighted by atomic mass is 9.91. The molecule has 3 aromatic carbocycles. The number of methoxy groups -OCH3 is 1. The van der Waals surface area contributed by atoms with Crippen LogP contribution in [0.3, 0.4) is 0 Å². The lowest BCUT2D eigenvalue weighted by molar-refractivity contribution is 0.0688. The molecule has 144 valence electrons. The van der Waals surface area contributed by atoms with Crippen molar-refractivity contribution in [1.82, 2.24) is 9.88 Å². The molecule has 0 saturated carbocycles. The number of hydrogen-bond donors (Lipinski definition) is 1. The largest absolute Gasteiger partial charge is 0.496 e. The van der Waals surface area contributed by atoms with Crippen LogP contribution in [0.2, 0.25) is 0 Å². The van der Waals surface area contributed by atoms with E-state index in [1.54, 1.807) is 7.11 Å². The first-order chi connectivity index (χ1) is 14.3. The molecule has 0 spiro atoms. The molecular formula is C25H22N2O2. The van der Waals surface area contributed by atoms with E-state index in [-0.39, 0.29) is 11.9 Å². The zero-order valence-corrected chi connectivity index (χ0v) is 16.3. The molecule has 1 aromatic heterocycles. The lowest BCUT2D eigenvalue weighted by Crippen LogP contribution is -2.40. The van der Waals surface area contributed by atoms with Crippen LogP contribution in [-0.2, 0) is 6.42 Å². The van der Waals surface area contributed by atoms with Crippen molar-refractivity contribution in [3.63, 3.8) is 0 Å². The van der Waals surface area contributed by atoms with Gasteiger partial charge < -0.3 is 14.6 Å². The average Bonchev–Trinajstić information content (AvgIpc) is 3.17. The van der Waals surface area contributed by atoms with E-state index in [2.05, 4.69) is 35.3 Å². The fraction of sp³-hybridized carbons (Fsp3) is 0.160. The molecule has 1 amide bonds. The zero-order chi connectivity index (χ0) is 19.8. The Balaban J connectivity index is 1.67. The molecule has 4 nitrogen and oxygen atoms in total. The number of amides is 1. The fourth-order valence-electron chi connectivity index (χ4n) is 4.42. The minimum atomic E-state index is -0.162. The molecule has 0 saturated heterocycles. The molecule has 0 aliphatic carbocycles.